The van der Waals surface area contributed by atoms with Gasteiger partial charge in [-0.1, -0.05) is 0 Å². The largest absolute Gasteiger partial charge is 0.490 e. The summed E-state index contributed by atoms with van der Waals surface area (Å²) in [4.78, 5) is 10.6. The zero-order chi connectivity index (χ0) is 10.3. The van der Waals surface area contributed by atoms with E-state index in [1.165, 1.54) is 0 Å². The number of carbonyl (C=O) groups is 1. The number of hydrogen-bond acceptors (Lipinski definition) is 2. The Hall–Kier alpha value is -0.740. The topological polar surface area (TPSA) is 26.3 Å². The zero-order valence-corrected chi connectivity index (χ0v) is 7.51. The van der Waals surface area contributed by atoms with Gasteiger partial charge in [0.25, 0.3) is 0 Å². The molecule has 0 bridgehead atoms. The summed E-state index contributed by atoms with van der Waals surface area (Å²) in [6.45, 7) is 0. The highest BCUT2D eigenvalue weighted by Gasteiger charge is 2.49. The molecule has 2 nitrogen and oxygen atoms in total. The van der Waals surface area contributed by atoms with Crippen LogP contribution in [0.2, 0.25) is 0 Å². The van der Waals surface area contributed by atoms with Gasteiger partial charge < -0.3 is 4.74 Å². The third-order valence-electron chi connectivity index (χ3n) is 2.65. The van der Waals surface area contributed by atoms with E-state index in [9.17, 15) is 18.0 Å². The lowest BCUT2D eigenvalue weighted by molar-refractivity contribution is -0.206. The van der Waals surface area contributed by atoms with Crippen LogP contribution in [0.1, 0.15) is 25.7 Å². The van der Waals surface area contributed by atoms with E-state index < -0.39 is 18.2 Å². The van der Waals surface area contributed by atoms with Crippen LogP contribution < -0.4 is 0 Å². The second-order valence-corrected chi connectivity index (χ2v) is 4.04. The minimum absolute atomic E-state index is 0.189. The maximum atomic E-state index is 11.9. The fourth-order valence-corrected chi connectivity index (χ4v) is 1.62. The molecule has 0 aliphatic heterocycles. The van der Waals surface area contributed by atoms with Gasteiger partial charge in [-0.15, -0.1) is 0 Å². The van der Waals surface area contributed by atoms with Gasteiger partial charge in [0.15, 0.2) is 0 Å². The Morgan fingerprint density at radius 1 is 1.14 bits per heavy atom. The van der Waals surface area contributed by atoms with Crippen LogP contribution >= 0.6 is 0 Å². The van der Waals surface area contributed by atoms with Gasteiger partial charge in [-0.25, -0.2) is 4.79 Å². The molecule has 0 amide bonds. The molecule has 0 aromatic rings. The van der Waals surface area contributed by atoms with Crippen LogP contribution in [0.25, 0.3) is 0 Å². The third kappa shape index (κ3) is 2.19. The van der Waals surface area contributed by atoms with E-state index in [1.54, 1.807) is 0 Å². The van der Waals surface area contributed by atoms with Crippen LogP contribution in [0, 0.1) is 11.8 Å². The van der Waals surface area contributed by atoms with Crippen molar-refractivity contribution in [2.75, 3.05) is 0 Å². The molecule has 0 saturated heterocycles. The molecule has 2 saturated carbocycles. The second-order valence-electron chi connectivity index (χ2n) is 4.04. The SMILES string of the molecule is O=C(OC(C1CC1)C1CC1)C(F)(F)F. The van der Waals surface area contributed by atoms with E-state index >= 15 is 0 Å². The quantitative estimate of drug-likeness (QED) is 0.665. The smallest absolute Gasteiger partial charge is 0.455 e. The van der Waals surface area contributed by atoms with Crippen molar-refractivity contribution in [3.05, 3.63) is 0 Å². The predicted molar refractivity (Wildman–Crippen MR) is 41.4 cm³/mol. The lowest BCUT2D eigenvalue weighted by atomic mass is 10.1. The molecular formula is C9H11F3O2. The molecule has 2 rings (SSSR count). The number of esters is 1. The zero-order valence-electron chi connectivity index (χ0n) is 7.51. The lowest BCUT2D eigenvalue weighted by Crippen LogP contribution is -2.32. The summed E-state index contributed by atoms with van der Waals surface area (Å²) >= 11 is 0. The van der Waals surface area contributed by atoms with Crippen LogP contribution in [0.15, 0.2) is 0 Å². The first-order chi connectivity index (χ1) is 6.48. The Morgan fingerprint density at radius 3 is 1.86 bits per heavy atom. The summed E-state index contributed by atoms with van der Waals surface area (Å²) in [5, 5.41) is 0. The highest BCUT2D eigenvalue weighted by Crippen LogP contribution is 2.46. The van der Waals surface area contributed by atoms with Gasteiger partial charge in [-0.3, -0.25) is 0 Å². The van der Waals surface area contributed by atoms with Crippen molar-refractivity contribution in [3.63, 3.8) is 0 Å². The molecule has 0 heterocycles. The van der Waals surface area contributed by atoms with Crippen LogP contribution in [-0.2, 0) is 9.53 Å². The van der Waals surface area contributed by atoms with Gasteiger partial charge in [-0.2, -0.15) is 13.2 Å². The normalized spacial score (nSPS) is 22.6. The predicted octanol–water partition coefficient (Wildman–Crippen LogP) is 2.28. The number of alkyl halides is 3. The Morgan fingerprint density at radius 2 is 1.57 bits per heavy atom. The van der Waals surface area contributed by atoms with Crippen LogP contribution in [0.3, 0.4) is 0 Å². The third-order valence-corrected chi connectivity index (χ3v) is 2.65. The first-order valence-electron chi connectivity index (χ1n) is 4.76. The van der Waals surface area contributed by atoms with Crippen molar-refractivity contribution in [3.8, 4) is 0 Å². The molecule has 2 fully saturated rings. The maximum absolute atomic E-state index is 11.9. The Bertz CT molecular complexity index is 229. The minimum atomic E-state index is -4.85. The molecule has 80 valence electrons. The second kappa shape index (κ2) is 3.14. The molecule has 2 aliphatic rings. The number of halogens is 3. The van der Waals surface area contributed by atoms with E-state index in [2.05, 4.69) is 4.74 Å². The summed E-state index contributed by atoms with van der Waals surface area (Å²) < 4.78 is 40.2. The van der Waals surface area contributed by atoms with Crippen molar-refractivity contribution >= 4 is 5.97 Å². The molecule has 0 radical (unpaired) electrons. The van der Waals surface area contributed by atoms with Crippen molar-refractivity contribution in [1.29, 1.82) is 0 Å². The standard InChI is InChI=1S/C9H11F3O2/c10-9(11,12)8(13)14-7(5-1-2-5)6-3-4-6/h5-7H,1-4H2. The molecule has 0 aromatic carbocycles. The van der Waals surface area contributed by atoms with E-state index in [0.29, 0.717) is 0 Å². The molecule has 0 unspecified atom stereocenters. The fraction of sp³-hybridized carbons (Fsp3) is 0.889. The molecule has 0 aromatic heterocycles. The highest BCUT2D eigenvalue weighted by atomic mass is 19.4. The average molecular weight is 208 g/mol. The number of hydrogen-bond donors (Lipinski definition) is 0. The van der Waals surface area contributed by atoms with Gasteiger partial charge >= 0.3 is 12.1 Å². The van der Waals surface area contributed by atoms with Gasteiger partial charge in [0.1, 0.15) is 6.10 Å². The molecule has 14 heavy (non-hydrogen) atoms. The Balaban J connectivity index is 1.90. The molecule has 0 N–H and O–H groups in total. The monoisotopic (exact) mass is 208 g/mol. The van der Waals surface area contributed by atoms with Crippen LogP contribution in [-0.4, -0.2) is 18.2 Å². The molecule has 2 aliphatic carbocycles. The molecule has 5 heteroatoms. The highest BCUT2D eigenvalue weighted by molar-refractivity contribution is 5.75. The fourth-order valence-electron chi connectivity index (χ4n) is 1.62. The minimum Gasteiger partial charge on any atom is -0.455 e. The molecule has 0 atom stereocenters. The van der Waals surface area contributed by atoms with Crippen molar-refractivity contribution < 1.29 is 22.7 Å². The summed E-state index contributed by atoms with van der Waals surface area (Å²) in [7, 11) is 0. The van der Waals surface area contributed by atoms with Gasteiger partial charge in [0.2, 0.25) is 0 Å². The molecular weight excluding hydrogens is 197 g/mol. The number of carbonyl (C=O) groups excluding carboxylic acids is 1. The van der Waals surface area contributed by atoms with Gasteiger partial charge in [0, 0.05) is 0 Å². The van der Waals surface area contributed by atoms with Gasteiger partial charge in [0.05, 0.1) is 0 Å². The summed E-state index contributed by atoms with van der Waals surface area (Å²) in [6, 6.07) is 0. The van der Waals surface area contributed by atoms with E-state index in [1.807, 2.05) is 0 Å². The Labute approximate surface area is 79.4 Å². The summed E-state index contributed by atoms with van der Waals surface area (Å²) in [6.07, 6.45) is -1.73. The molecule has 0 spiro atoms. The summed E-state index contributed by atoms with van der Waals surface area (Å²) in [5.41, 5.74) is 0. The number of ether oxygens (including phenoxy) is 1. The Kier molecular flexibility index (Phi) is 2.20. The average Bonchev–Trinajstić information content (AvgIpc) is 2.90. The van der Waals surface area contributed by atoms with Gasteiger partial charge in [-0.05, 0) is 37.5 Å². The van der Waals surface area contributed by atoms with Crippen LogP contribution in [0.4, 0.5) is 13.2 Å². The first-order valence-corrected chi connectivity index (χ1v) is 4.76. The van der Waals surface area contributed by atoms with E-state index in [-0.39, 0.29) is 11.8 Å². The van der Waals surface area contributed by atoms with Crippen molar-refractivity contribution in [2.24, 2.45) is 11.8 Å². The van der Waals surface area contributed by atoms with Crippen molar-refractivity contribution in [2.45, 2.75) is 38.0 Å². The number of rotatable bonds is 3. The lowest BCUT2D eigenvalue weighted by Gasteiger charge is -2.17. The summed E-state index contributed by atoms with van der Waals surface area (Å²) in [5.74, 6) is -1.65. The first kappa shape index (κ1) is 9.80. The van der Waals surface area contributed by atoms with E-state index in [0.717, 1.165) is 25.7 Å². The van der Waals surface area contributed by atoms with Crippen molar-refractivity contribution in [1.82, 2.24) is 0 Å². The van der Waals surface area contributed by atoms with E-state index in [4.69, 9.17) is 0 Å². The maximum Gasteiger partial charge on any atom is 0.490 e. The van der Waals surface area contributed by atoms with Crippen LogP contribution in [0.5, 0.6) is 0 Å².